The van der Waals surface area contributed by atoms with Gasteiger partial charge in [-0.3, -0.25) is 0 Å². The molecule has 2 aliphatic rings. The van der Waals surface area contributed by atoms with Crippen molar-refractivity contribution >= 4 is 33.3 Å². The van der Waals surface area contributed by atoms with Gasteiger partial charge < -0.3 is 10.3 Å². The molecule has 5 rings (SSSR count). The predicted octanol–water partition coefficient (Wildman–Crippen LogP) is 4.86. The number of rotatable bonds is 5. The Labute approximate surface area is 171 Å². The molecule has 0 saturated heterocycles. The van der Waals surface area contributed by atoms with E-state index in [0.717, 1.165) is 69.8 Å². The number of hydrogen-bond acceptors (Lipinski definition) is 5. The first-order valence-electron chi connectivity index (χ1n) is 9.67. The summed E-state index contributed by atoms with van der Waals surface area (Å²) in [5.41, 5.74) is 8.63. The van der Waals surface area contributed by atoms with Crippen LogP contribution in [0.15, 0.2) is 48.2 Å². The quantitative estimate of drug-likeness (QED) is 0.636. The summed E-state index contributed by atoms with van der Waals surface area (Å²) in [4.78, 5) is 18.2. The number of nitrogens with one attached hydrogen (secondary N) is 2. The van der Waals surface area contributed by atoms with Crippen molar-refractivity contribution in [3.8, 4) is 0 Å². The molecule has 7 heteroatoms. The summed E-state index contributed by atoms with van der Waals surface area (Å²) in [6.07, 6.45) is 13.2. The van der Waals surface area contributed by atoms with Gasteiger partial charge in [-0.25, -0.2) is 19.3 Å². The van der Waals surface area contributed by atoms with Crippen LogP contribution in [0.3, 0.4) is 0 Å². The van der Waals surface area contributed by atoms with E-state index in [4.69, 9.17) is 4.98 Å². The largest absolute Gasteiger partial charge is 0.364 e. The molecule has 0 saturated carbocycles. The Morgan fingerprint density at radius 2 is 2.14 bits per heavy atom. The molecule has 2 N–H and O–H groups in total. The molecule has 0 atom stereocenters. The van der Waals surface area contributed by atoms with Gasteiger partial charge in [0, 0.05) is 41.3 Å². The highest BCUT2D eigenvalue weighted by Crippen LogP contribution is 2.29. The van der Waals surface area contributed by atoms with Crippen LogP contribution in [0.4, 0.5) is 4.39 Å². The minimum atomic E-state index is -0.0355. The van der Waals surface area contributed by atoms with Crippen molar-refractivity contribution in [2.75, 3.05) is 0 Å². The number of fused-ring (bicyclic) bond motifs is 2. The van der Waals surface area contributed by atoms with Crippen LogP contribution in [0.25, 0.3) is 22.0 Å². The lowest BCUT2D eigenvalue weighted by Gasteiger charge is -2.13. The number of dihydropyridines is 1. The number of allylic oxidation sites excluding steroid dienone is 4. The van der Waals surface area contributed by atoms with Gasteiger partial charge in [-0.2, -0.15) is 0 Å². The molecule has 29 heavy (non-hydrogen) atoms. The Hall–Kier alpha value is -3.06. The van der Waals surface area contributed by atoms with E-state index in [1.807, 2.05) is 30.1 Å². The van der Waals surface area contributed by atoms with Gasteiger partial charge in [-0.1, -0.05) is 6.58 Å². The molecular weight excluding hydrogens is 385 g/mol. The first kappa shape index (κ1) is 18.0. The van der Waals surface area contributed by atoms with Crippen LogP contribution in [-0.2, 0) is 19.3 Å². The lowest BCUT2D eigenvalue weighted by Crippen LogP contribution is -2.11. The minimum absolute atomic E-state index is 0.0355. The molecule has 0 unspecified atom stereocenters. The van der Waals surface area contributed by atoms with Gasteiger partial charge in [0.25, 0.3) is 0 Å². The van der Waals surface area contributed by atoms with Crippen molar-refractivity contribution in [2.45, 2.75) is 32.1 Å². The maximum Gasteiger partial charge on any atom is 0.163 e. The second-order valence-corrected chi connectivity index (χ2v) is 8.05. The molecule has 0 bridgehead atoms. The topological polar surface area (TPSA) is 66.5 Å². The fourth-order valence-corrected chi connectivity index (χ4v) is 4.51. The normalized spacial score (nSPS) is 15.8. The Morgan fingerprint density at radius 1 is 1.21 bits per heavy atom. The maximum atomic E-state index is 13.7. The van der Waals surface area contributed by atoms with E-state index >= 15 is 0 Å². The van der Waals surface area contributed by atoms with Crippen LogP contribution in [-0.4, -0.2) is 19.9 Å². The Kier molecular flexibility index (Phi) is 4.60. The SMILES string of the molecule is C=C1NC=CC=C1c1nc(CCCc2c[nH]c3c2C=C(F)CC3)c2ncsc2n1. The first-order chi connectivity index (χ1) is 14.2. The third kappa shape index (κ3) is 3.42. The molecule has 1 aliphatic heterocycles. The Bertz CT molecular complexity index is 1200. The molecular formula is C22H20FN5S. The van der Waals surface area contributed by atoms with Crippen LogP contribution in [0, 0.1) is 0 Å². The molecule has 5 nitrogen and oxygen atoms in total. The average Bonchev–Trinajstić information content (AvgIpc) is 3.35. The molecule has 3 aromatic rings. The zero-order valence-electron chi connectivity index (χ0n) is 15.8. The van der Waals surface area contributed by atoms with Crippen molar-refractivity contribution in [1.29, 1.82) is 0 Å². The smallest absolute Gasteiger partial charge is 0.163 e. The molecule has 0 radical (unpaired) electrons. The van der Waals surface area contributed by atoms with E-state index in [-0.39, 0.29) is 5.83 Å². The second kappa shape index (κ2) is 7.40. The summed E-state index contributed by atoms with van der Waals surface area (Å²) in [7, 11) is 0. The number of nitrogens with zero attached hydrogens (tertiary/aromatic N) is 3. The van der Waals surface area contributed by atoms with Crippen molar-refractivity contribution in [1.82, 2.24) is 25.3 Å². The number of aryl methyl sites for hydroxylation is 3. The van der Waals surface area contributed by atoms with Gasteiger partial charge in [0.15, 0.2) is 5.82 Å². The van der Waals surface area contributed by atoms with E-state index in [0.29, 0.717) is 12.2 Å². The van der Waals surface area contributed by atoms with Crippen LogP contribution >= 0.6 is 11.3 Å². The number of H-pyrrole nitrogens is 1. The Morgan fingerprint density at radius 3 is 3.03 bits per heavy atom. The second-order valence-electron chi connectivity index (χ2n) is 7.21. The zero-order chi connectivity index (χ0) is 19.8. The highest BCUT2D eigenvalue weighted by molar-refractivity contribution is 7.16. The summed E-state index contributed by atoms with van der Waals surface area (Å²) < 4.78 is 13.7. The van der Waals surface area contributed by atoms with E-state index in [1.165, 1.54) is 11.3 Å². The summed E-state index contributed by atoms with van der Waals surface area (Å²) in [6, 6.07) is 0. The van der Waals surface area contributed by atoms with E-state index in [1.54, 1.807) is 6.08 Å². The standard InChI is InChI=1S/C22H20FN5S/c1-13-16(5-3-9-24-13)21-27-19(20-22(28-21)29-12-26-20)6-2-4-14-11-25-18-8-7-15(23)10-17(14)18/h3,5,9-12,24-25H,1-2,4,6-8H2. The van der Waals surface area contributed by atoms with Crippen LogP contribution in [0.5, 0.6) is 0 Å². The van der Waals surface area contributed by atoms with Gasteiger partial charge in [-0.15, -0.1) is 11.3 Å². The number of hydrogen-bond donors (Lipinski definition) is 2. The van der Waals surface area contributed by atoms with Crippen LogP contribution in [0.1, 0.15) is 41.2 Å². The van der Waals surface area contributed by atoms with Crippen LogP contribution < -0.4 is 5.32 Å². The van der Waals surface area contributed by atoms with Gasteiger partial charge in [-0.05, 0) is 49.5 Å². The van der Waals surface area contributed by atoms with Crippen molar-refractivity contribution in [2.24, 2.45) is 0 Å². The summed E-state index contributed by atoms with van der Waals surface area (Å²) in [6.45, 7) is 4.05. The van der Waals surface area contributed by atoms with Gasteiger partial charge in [0.1, 0.15) is 16.2 Å². The number of aromatic amines is 1. The van der Waals surface area contributed by atoms with Crippen molar-refractivity contribution in [3.05, 3.63) is 76.5 Å². The fraction of sp³-hybridized carbons (Fsp3) is 0.227. The zero-order valence-corrected chi connectivity index (χ0v) is 16.7. The molecule has 3 aromatic heterocycles. The molecule has 146 valence electrons. The van der Waals surface area contributed by atoms with E-state index < -0.39 is 0 Å². The molecule has 0 aromatic carbocycles. The van der Waals surface area contributed by atoms with Gasteiger partial charge in [0.2, 0.25) is 0 Å². The monoisotopic (exact) mass is 405 g/mol. The Balaban J connectivity index is 1.39. The average molecular weight is 406 g/mol. The lowest BCUT2D eigenvalue weighted by atomic mass is 9.98. The molecule has 0 spiro atoms. The van der Waals surface area contributed by atoms with E-state index in [9.17, 15) is 4.39 Å². The molecule has 4 heterocycles. The summed E-state index contributed by atoms with van der Waals surface area (Å²) >= 11 is 1.52. The van der Waals surface area contributed by atoms with Gasteiger partial charge in [0.05, 0.1) is 11.2 Å². The van der Waals surface area contributed by atoms with E-state index in [2.05, 4.69) is 26.8 Å². The van der Waals surface area contributed by atoms with Gasteiger partial charge >= 0.3 is 0 Å². The van der Waals surface area contributed by atoms with Crippen molar-refractivity contribution in [3.63, 3.8) is 0 Å². The minimum Gasteiger partial charge on any atom is -0.364 e. The number of aromatic nitrogens is 4. The lowest BCUT2D eigenvalue weighted by molar-refractivity contribution is 0.588. The molecule has 0 fully saturated rings. The number of halogens is 1. The summed E-state index contributed by atoms with van der Waals surface area (Å²) in [5, 5.41) is 3.11. The predicted molar refractivity (Wildman–Crippen MR) is 115 cm³/mol. The van der Waals surface area contributed by atoms with Crippen molar-refractivity contribution < 1.29 is 4.39 Å². The number of thiazole rings is 1. The third-order valence-electron chi connectivity index (χ3n) is 5.32. The van der Waals surface area contributed by atoms with Crippen LogP contribution in [0.2, 0.25) is 0 Å². The summed E-state index contributed by atoms with van der Waals surface area (Å²) in [5.74, 6) is 0.634. The third-order valence-corrected chi connectivity index (χ3v) is 6.04. The molecule has 0 amide bonds. The molecule has 1 aliphatic carbocycles. The first-order valence-corrected chi connectivity index (χ1v) is 10.6. The fourth-order valence-electron chi connectivity index (χ4n) is 3.83. The maximum absolute atomic E-state index is 13.7. The highest BCUT2D eigenvalue weighted by atomic mass is 32.1. The highest BCUT2D eigenvalue weighted by Gasteiger charge is 2.18.